The minimum Gasteiger partial charge on any atom is -0.392 e. The molecule has 3 atom stereocenters. The summed E-state index contributed by atoms with van der Waals surface area (Å²) in [4.78, 5) is 0. The Morgan fingerprint density at radius 3 is 2.86 bits per heavy atom. The summed E-state index contributed by atoms with van der Waals surface area (Å²) in [6, 6.07) is 0. The Morgan fingerprint density at radius 2 is 2.21 bits per heavy atom. The van der Waals surface area contributed by atoms with E-state index in [9.17, 15) is 0 Å². The molecule has 0 heterocycles. The molecule has 2 N–H and O–H groups in total. The van der Waals surface area contributed by atoms with Crippen molar-refractivity contribution in [2.75, 3.05) is 13.1 Å². The molecule has 0 bridgehead atoms. The van der Waals surface area contributed by atoms with Crippen LogP contribution in [0.3, 0.4) is 0 Å². The van der Waals surface area contributed by atoms with Crippen LogP contribution in [0.15, 0.2) is 0 Å². The minimum atomic E-state index is -0.208. The largest absolute Gasteiger partial charge is 0.392 e. The van der Waals surface area contributed by atoms with Crippen LogP contribution in [0.25, 0.3) is 0 Å². The molecule has 14 heavy (non-hydrogen) atoms. The number of rotatable bonds is 5. The maximum Gasteiger partial charge on any atom is 0.0636 e. The normalized spacial score (nSPS) is 30.2. The Hall–Kier alpha value is -0.0800. The number of aliphatic hydroxyl groups excluding tert-OH is 1. The molecule has 0 aliphatic heterocycles. The summed E-state index contributed by atoms with van der Waals surface area (Å²) in [5.74, 6) is 1.87. The zero-order valence-corrected chi connectivity index (χ0v) is 9.63. The van der Waals surface area contributed by atoms with Crippen LogP contribution in [-0.2, 0) is 0 Å². The van der Waals surface area contributed by atoms with Crippen molar-refractivity contribution in [1.29, 1.82) is 0 Å². The molecule has 0 spiro atoms. The van der Waals surface area contributed by atoms with Gasteiger partial charge in [-0.05, 0) is 38.1 Å². The van der Waals surface area contributed by atoms with Crippen molar-refractivity contribution in [2.24, 2.45) is 11.8 Å². The maximum atomic E-state index is 9.07. The SMILES string of the molecule is CC1CCCC(CCNC[C@H](C)O)C1. The molecular weight excluding hydrogens is 174 g/mol. The second kappa shape index (κ2) is 6.41. The first-order valence-electron chi connectivity index (χ1n) is 6.07. The first kappa shape index (κ1) is 12.0. The van der Waals surface area contributed by atoms with E-state index in [1.165, 1.54) is 32.1 Å². The van der Waals surface area contributed by atoms with Gasteiger partial charge in [0.05, 0.1) is 6.10 Å². The van der Waals surface area contributed by atoms with Crippen molar-refractivity contribution < 1.29 is 5.11 Å². The first-order valence-corrected chi connectivity index (χ1v) is 6.07. The summed E-state index contributed by atoms with van der Waals surface area (Å²) >= 11 is 0. The molecule has 1 aliphatic rings. The van der Waals surface area contributed by atoms with Crippen molar-refractivity contribution in [2.45, 2.75) is 52.1 Å². The van der Waals surface area contributed by atoms with E-state index in [0.29, 0.717) is 0 Å². The average Bonchev–Trinajstić information content (AvgIpc) is 2.12. The summed E-state index contributed by atoms with van der Waals surface area (Å²) in [6.07, 6.45) is 6.76. The van der Waals surface area contributed by atoms with Crippen molar-refractivity contribution in [3.63, 3.8) is 0 Å². The number of hydrogen-bond donors (Lipinski definition) is 2. The van der Waals surface area contributed by atoms with Gasteiger partial charge < -0.3 is 10.4 Å². The van der Waals surface area contributed by atoms with E-state index in [0.717, 1.165) is 24.9 Å². The molecular formula is C12H25NO. The highest BCUT2D eigenvalue weighted by Crippen LogP contribution is 2.30. The molecule has 1 saturated carbocycles. The fraction of sp³-hybridized carbons (Fsp3) is 1.00. The number of aliphatic hydroxyl groups is 1. The molecule has 0 aromatic rings. The molecule has 0 aromatic heterocycles. The van der Waals surface area contributed by atoms with Gasteiger partial charge in [0.1, 0.15) is 0 Å². The summed E-state index contributed by atoms with van der Waals surface area (Å²) in [7, 11) is 0. The molecule has 0 amide bonds. The Morgan fingerprint density at radius 1 is 1.43 bits per heavy atom. The standard InChI is InChI=1S/C12H25NO/c1-10-4-3-5-12(8-10)6-7-13-9-11(2)14/h10-14H,3-9H2,1-2H3/t10?,11-,12?/m0/s1. The lowest BCUT2D eigenvalue weighted by Crippen LogP contribution is -2.27. The third-order valence-corrected chi connectivity index (χ3v) is 3.21. The fourth-order valence-electron chi connectivity index (χ4n) is 2.44. The van der Waals surface area contributed by atoms with Gasteiger partial charge in [-0.2, -0.15) is 0 Å². The number of nitrogens with one attached hydrogen (secondary N) is 1. The van der Waals surface area contributed by atoms with E-state index in [2.05, 4.69) is 12.2 Å². The van der Waals surface area contributed by atoms with Crippen LogP contribution in [-0.4, -0.2) is 24.3 Å². The molecule has 0 radical (unpaired) electrons. The van der Waals surface area contributed by atoms with Crippen molar-refractivity contribution in [3.05, 3.63) is 0 Å². The molecule has 0 aromatic carbocycles. The topological polar surface area (TPSA) is 32.3 Å². The number of hydrogen-bond acceptors (Lipinski definition) is 2. The van der Waals surface area contributed by atoms with Crippen LogP contribution in [0.4, 0.5) is 0 Å². The molecule has 1 aliphatic carbocycles. The third kappa shape index (κ3) is 4.97. The first-order chi connectivity index (χ1) is 6.68. The van der Waals surface area contributed by atoms with E-state index in [1.807, 2.05) is 6.92 Å². The second-order valence-corrected chi connectivity index (χ2v) is 4.98. The quantitative estimate of drug-likeness (QED) is 0.665. The van der Waals surface area contributed by atoms with Gasteiger partial charge in [-0.3, -0.25) is 0 Å². The van der Waals surface area contributed by atoms with Crippen molar-refractivity contribution in [3.8, 4) is 0 Å². The highest BCUT2D eigenvalue weighted by atomic mass is 16.3. The van der Waals surface area contributed by atoms with Crippen molar-refractivity contribution in [1.82, 2.24) is 5.32 Å². The lowest BCUT2D eigenvalue weighted by atomic mass is 9.81. The predicted molar refractivity (Wildman–Crippen MR) is 60.3 cm³/mol. The Labute approximate surface area is 88.1 Å². The lowest BCUT2D eigenvalue weighted by molar-refractivity contribution is 0.188. The molecule has 2 heteroatoms. The van der Waals surface area contributed by atoms with Gasteiger partial charge in [-0.1, -0.05) is 26.2 Å². The van der Waals surface area contributed by atoms with Gasteiger partial charge in [-0.25, -0.2) is 0 Å². The molecule has 84 valence electrons. The Bertz CT molecular complexity index is 147. The maximum absolute atomic E-state index is 9.07. The summed E-state index contributed by atoms with van der Waals surface area (Å²) in [5.41, 5.74) is 0. The van der Waals surface area contributed by atoms with Gasteiger partial charge in [0.15, 0.2) is 0 Å². The third-order valence-electron chi connectivity index (χ3n) is 3.21. The average molecular weight is 199 g/mol. The van der Waals surface area contributed by atoms with Gasteiger partial charge in [0, 0.05) is 6.54 Å². The van der Waals surface area contributed by atoms with Crippen molar-refractivity contribution >= 4 is 0 Å². The highest BCUT2D eigenvalue weighted by molar-refractivity contribution is 4.71. The summed E-state index contributed by atoms with van der Waals surface area (Å²) in [6.45, 7) is 6.01. The van der Waals surface area contributed by atoms with E-state index < -0.39 is 0 Å². The van der Waals surface area contributed by atoms with Crippen LogP contribution in [0.1, 0.15) is 46.0 Å². The zero-order valence-electron chi connectivity index (χ0n) is 9.63. The Kier molecular flexibility index (Phi) is 5.49. The lowest BCUT2D eigenvalue weighted by Gasteiger charge is -2.26. The molecule has 2 unspecified atom stereocenters. The fourth-order valence-corrected chi connectivity index (χ4v) is 2.44. The van der Waals surface area contributed by atoms with E-state index in [-0.39, 0.29) is 6.10 Å². The summed E-state index contributed by atoms with van der Waals surface area (Å²) < 4.78 is 0. The van der Waals surface area contributed by atoms with Gasteiger partial charge >= 0.3 is 0 Å². The molecule has 2 nitrogen and oxygen atoms in total. The molecule has 1 fully saturated rings. The molecule has 0 saturated heterocycles. The highest BCUT2D eigenvalue weighted by Gasteiger charge is 2.17. The van der Waals surface area contributed by atoms with Gasteiger partial charge in [-0.15, -0.1) is 0 Å². The predicted octanol–water partition coefficient (Wildman–Crippen LogP) is 2.17. The van der Waals surface area contributed by atoms with Crippen LogP contribution in [0.2, 0.25) is 0 Å². The van der Waals surface area contributed by atoms with E-state index in [4.69, 9.17) is 5.11 Å². The van der Waals surface area contributed by atoms with Gasteiger partial charge in [0.2, 0.25) is 0 Å². The van der Waals surface area contributed by atoms with Crippen LogP contribution in [0, 0.1) is 11.8 Å². The molecule has 1 rings (SSSR count). The summed E-state index contributed by atoms with van der Waals surface area (Å²) in [5, 5.41) is 12.4. The van der Waals surface area contributed by atoms with Crippen LogP contribution >= 0.6 is 0 Å². The van der Waals surface area contributed by atoms with E-state index in [1.54, 1.807) is 0 Å². The minimum absolute atomic E-state index is 0.208. The van der Waals surface area contributed by atoms with Gasteiger partial charge in [0.25, 0.3) is 0 Å². The van der Waals surface area contributed by atoms with E-state index >= 15 is 0 Å². The zero-order chi connectivity index (χ0) is 10.4. The monoisotopic (exact) mass is 199 g/mol. The smallest absolute Gasteiger partial charge is 0.0636 e. The van der Waals surface area contributed by atoms with Crippen LogP contribution in [0.5, 0.6) is 0 Å². The van der Waals surface area contributed by atoms with Crippen LogP contribution < -0.4 is 5.32 Å². The Balaban J connectivity index is 2.00. The second-order valence-electron chi connectivity index (χ2n) is 4.98.